The lowest BCUT2D eigenvalue weighted by Crippen LogP contribution is -2.44. The Bertz CT molecular complexity index is 4150. The molecule has 1 aliphatic carbocycles. The number of benzene rings is 12. The largest absolute Gasteiger partial charge is 0.323 e. The molecule has 0 aliphatic heterocycles. The van der Waals surface area contributed by atoms with Crippen molar-refractivity contribution in [2.75, 3.05) is 9.80 Å². The molecule has 328 valence electrons. The van der Waals surface area contributed by atoms with Crippen molar-refractivity contribution in [3.05, 3.63) is 290 Å². The van der Waals surface area contributed by atoms with Crippen LogP contribution in [0.5, 0.6) is 0 Å². The minimum atomic E-state index is -0.788. The van der Waals surface area contributed by atoms with E-state index in [4.69, 9.17) is 0 Å². The molecule has 1 atom stereocenters. The summed E-state index contributed by atoms with van der Waals surface area (Å²) in [7, 11) is 0. The molecule has 1 heterocycles. The third-order valence-electron chi connectivity index (χ3n) is 14.7. The second-order valence-electron chi connectivity index (χ2n) is 18.5. The third kappa shape index (κ3) is 6.08. The molecule has 1 unspecified atom stereocenters. The minimum absolute atomic E-state index is 0.788. The van der Waals surface area contributed by atoms with Crippen LogP contribution in [0, 0.1) is 0 Å². The Morgan fingerprint density at radius 1 is 0.300 bits per heavy atom. The maximum absolute atomic E-state index is 2.60. The van der Waals surface area contributed by atoms with E-state index in [1.807, 2.05) is 0 Å². The molecule has 0 bridgehead atoms. The molecule has 0 fully saturated rings. The zero-order valence-electron chi connectivity index (χ0n) is 38.3. The minimum Gasteiger partial charge on any atom is -0.323 e. The monoisotopic (exact) mass is 891 g/mol. The molecule has 1 aliphatic rings. The molecule has 13 aromatic rings. The van der Waals surface area contributed by atoms with E-state index < -0.39 is 5.54 Å². The van der Waals surface area contributed by atoms with Crippen molar-refractivity contribution in [2.24, 2.45) is 0 Å². The van der Waals surface area contributed by atoms with Gasteiger partial charge in [-0.1, -0.05) is 200 Å². The molecule has 0 saturated heterocycles. The number of rotatable bonds is 8. The van der Waals surface area contributed by atoms with Crippen LogP contribution in [0.1, 0.15) is 16.7 Å². The molecule has 70 heavy (non-hydrogen) atoms. The fourth-order valence-corrected chi connectivity index (χ4v) is 11.7. The second-order valence-corrected chi connectivity index (χ2v) is 18.5. The van der Waals surface area contributed by atoms with Crippen LogP contribution >= 0.6 is 0 Å². The van der Waals surface area contributed by atoms with E-state index in [0.717, 1.165) is 39.6 Å². The van der Waals surface area contributed by atoms with Gasteiger partial charge in [-0.3, -0.25) is 0 Å². The van der Waals surface area contributed by atoms with Gasteiger partial charge in [0.2, 0.25) is 0 Å². The van der Waals surface area contributed by atoms with Gasteiger partial charge in [-0.05, 0) is 128 Å². The normalized spacial score (nSPS) is 14.1. The average Bonchev–Trinajstić information content (AvgIpc) is 3.92. The third-order valence-corrected chi connectivity index (χ3v) is 14.7. The summed E-state index contributed by atoms with van der Waals surface area (Å²) >= 11 is 0. The van der Waals surface area contributed by atoms with Crippen LogP contribution in [0.4, 0.5) is 28.4 Å². The fourth-order valence-electron chi connectivity index (χ4n) is 11.7. The Morgan fingerprint density at radius 2 is 0.871 bits per heavy atom. The summed E-state index contributed by atoms with van der Waals surface area (Å²) in [5, 5.41) is 9.67. The first kappa shape index (κ1) is 39.9. The SMILES string of the molecule is c1ccc(N(c2ccc3ccccc3c2)C2(c3ccccc3)c3ccccc3-c3ccc(N(c4ccc5c6ccccc6n(-c6ccc7ccccc7c6)c5c4)c4cccc5ccccc45)cc32)cc1. The van der Waals surface area contributed by atoms with Crippen LogP contribution in [-0.2, 0) is 5.54 Å². The van der Waals surface area contributed by atoms with Gasteiger partial charge in [0, 0.05) is 44.6 Å². The zero-order valence-corrected chi connectivity index (χ0v) is 38.3. The van der Waals surface area contributed by atoms with Crippen molar-refractivity contribution in [1.82, 2.24) is 4.57 Å². The predicted octanol–water partition coefficient (Wildman–Crippen LogP) is 17.8. The molecule has 12 aromatic carbocycles. The van der Waals surface area contributed by atoms with Crippen molar-refractivity contribution in [3.8, 4) is 16.8 Å². The van der Waals surface area contributed by atoms with Crippen molar-refractivity contribution in [2.45, 2.75) is 5.54 Å². The van der Waals surface area contributed by atoms with E-state index in [0.29, 0.717) is 0 Å². The smallest absolute Gasteiger partial charge is 0.122 e. The van der Waals surface area contributed by atoms with Crippen LogP contribution in [0.25, 0.3) is 70.9 Å². The summed E-state index contributed by atoms with van der Waals surface area (Å²) < 4.78 is 2.45. The first-order valence-corrected chi connectivity index (χ1v) is 24.2. The molecule has 0 amide bonds. The van der Waals surface area contributed by atoms with Crippen LogP contribution in [0.15, 0.2) is 273 Å². The number of nitrogens with zero attached hydrogens (tertiary/aromatic N) is 3. The van der Waals surface area contributed by atoms with Crippen molar-refractivity contribution in [3.63, 3.8) is 0 Å². The van der Waals surface area contributed by atoms with Crippen molar-refractivity contribution < 1.29 is 0 Å². The molecule has 0 spiro atoms. The van der Waals surface area contributed by atoms with E-state index in [-0.39, 0.29) is 0 Å². The number of hydrogen-bond donors (Lipinski definition) is 0. The maximum atomic E-state index is 2.60. The second kappa shape index (κ2) is 16.0. The lowest BCUT2D eigenvalue weighted by molar-refractivity contribution is 0.644. The molecular formula is C67H45N3. The van der Waals surface area contributed by atoms with Crippen LogP contribution in [-0.4, -0.2) is 4.57 Å². The molecule has 3 heteroatoms. The highest BCUT2D eigenvalue weighted by Gasteiger charge is 2.50. The summed E-state index contributed by atoms with van der Waals surface area (Å²) in [5.41, 5.74) is 14.2. The number of aromatic nitrogens is 1. The van der Waals surface area contributed by atoms with E-state index in [9.17, 15) is 0 Å². The number of anilines is 5. The summed E-state index contributed by atoms with van der Waals surface area (Å²) in [6.07, 6.45) is 0. The maximum Gasteiger partial charge on any atom is 0.122 e. The molecule has 1 aromatic heterocycles. The number of hydrogen-bond acceptors (Lipinski definition) is 2. The average molecular weight is 892 g/mol. The Balaban J connectivity index is 1.07. The van der Waals surface area contributed by atoms with Crippen molar-refractivity contribution in [1.29, 1.82) is 0 Å². The van der Waals surface area contributed by atoms with E-state index in [2.05, 4.69) is 287 Å². The zero-order chi connectivity index (χ0) is 46.2. The number of fused-ring (bicyclic) bond motifs is 9. The Kier molecular flexibility index (Phi) is 9.11. The Morgan fingerprint density at radius 3 is 1.69 bits per heavy atom. The highest BCUT2D eigenvalue weighted by atomic mass is 15.2. The molecule has 0 N–H and O–H groups in total. The summed E-state index contributed by atoms with van der Waals surface area (Å²) in [6, 6.07) is 101. The molecular weight excluding hydrogens is 847 g/mol. The highest BCUT2D eigenvalue weighted by Crippen LogP contribution is 2.59. The lowest BCUT2D eigenvalue weighted by atomic mass is 9.78. The molecule has 14 rings (SSSR count). The standard InChI is InChI=1S/C67H45N3/c1-3-24-51(25-4-1)67(70(52-26-5-2-6-27-52)56-37-35-47-19-8-10-22-50(47)43-56)62-31-15-13-29-58(62)59-40-38-54(44-63(59)67)68(64-33-17-23-48-20-11-12-28-57(48)64)55-39-41-61-60-30-14-16-32-65(60)69(66(61)45-55)53-36-34-46-18-7-9-21-49(46)42-53/h1-45H. The van der Waals surface area contributed by atoms with Gasteiger partial charge in [-0.2, -0.15) is 0 Å². The summed E-state index contributed by atoms with van der Waals surface area (Å²) in [6.45, 7) is 0. The lowest BCUT2D eigenvalue weighted by Gasteiger charge is -2.45. The quantitative estimate of drug-likeness (QED) is 0.151. The van der Waals surface area contributed by atoms with E-state index in [1.54, 1.807) is 0 Å². The van der Waals surface area contributed by atoms with E-state index in [1.165, 1.54) is 76.4 Å². The highest BCUT2D eigenvalue weighted by molar-refractivity contribution is 6.11. The number of para-hydroxylation sites is 2. The van der Waals surface area contributed by atoms with Crippen LogP contribution in [0.3, 0.4) is 0 Å². The van der Waals surface area contributed by atoms with Gasteiger partial charge in [0.05, 0.1) is 16.7 Å². The van der Waals surface area contributed by atoms with E-state index >= 15 is 0 Å². The van der Waals surface area contributed by atoms with Gasteiger partial charge >= 0.3 is 0 Å². The van der Waals surface area contributed by atoms with Crippen LogP contribution in [0.2, 0.25) is 0 Å². The summed E-state index contributed by atoms with van der Waals surface area (Å²) in [5.74, 6) is 0. The topological polar surface area (TPSA) is 11.4 Å². The summed E-state index contributed by atoms with van der Waals surface area (Å²) in [4.78, 5) is 5.09. The predicted molar refractivity (Wildman–Crippen MR) is 295 cm³/mol. The van der Waals surface area contributed by atoms with Gasteiger partial charge in [-0.15, -0.1) is 0 Å². The first-order valence-electron chi connectivity index (χ1n) is 24.2. The Hall–Kier alpha value is -9.18. The van der Waals surface area contributed by atoms with Crippen LogP contribution < -0.4 is 9.80 Å². The van der Waals surface area contributed by atoms with Gasteiger partial charge in [0.25, 0.3) is 0 Å². The van der Waals surface area contributed by atoms with Gasteiger partial charge in [0.1, 0.15) is 5.54 Å². The molecule has 0 saturated carbocycles. The first-order chi connectivity index (χ1) is 34.7. The van der Waals surface area contributed by atoms with Gasteiger partial charge in [0.15, 0.2) is 0 Å². The molecule has 3 nitrogen and oxygen atoms in total. The van der Waals surface area contributed by atoms with Gasteiger partial charge < -0.3 is 14.4 Å². The van der Waals surface area contributed by atoms with Gasteiger partial charge in [-0.25, -0.2) is 0 Å². The fraction of sp³-hybridized carbons (Fsp3) is 0.0149. The van der Waals surface area contributed by atoms with Crippen molar-refractivity contribution >= 4 is 82.6 Å². The Labute approximate surface area is 407 Å². The molecule has 0 radical (unpaired) electrons.